The van der Waals surface area contributed by atoms with Crippen molar-refractivity contribution in [2.24, 2.45) is 0 Å². The van der Waals surface area contributed by atoms with Gasteiger partial charge < -0.3 is 0 Å². The Morgan fingerprint density at radius 2 is 1.25 bits per heavy atom. The van der Waals surface area contributed by atoms with Crippen LogP contribution in [0.25, 0.3) is 0 Å². The Morgan fingerprint density at radius 1 is 0.917 bits per heavy atom. The number of unbranched alkanes of at least 4 members (excludes halogenated alkanes) is 2. The Kier molecular flexibility index (Phi) is 4.68. The molecule has 0 saturated heterocycles. The third-order valence-electron chi connectivity index (χ3n) is 2.19. The molecular weight excluding hydrogens is 171 g/mol. The Morgan fingerprint density at radius 3 is 1.50 bits per heavy atom. The van der Waals surface area contributed by atoms with E-state index in [9.17, 15) is 9.79 Å². The van der Waals surface area contributed by atoms with Gasteiger partial charge in [-0.1, -0.05) is 0 Å². The van der Waals surface area contributed by atoms with Crippen LogP contribution in [0, 0.1) is 0 Å². The first-order chi connectivity index (χ1) is 5.39. The van der Waals surface area contributed by atoms with Crippen molar-refractivity contribution in [3.05, 3.63) is 0 Å². The molecule has 0 aliphatic carbocycles. The Bertz CT molecular complexity index is 114. The zero-order valence-corrected chi connectivity index (χ0v) is 9.48. The zero-order chi connectivity index (χ0) is 9.69. The van der Waals surface area contributed by atoms with Crippen LogP contribution in [0.3, 0.4) is 0 Å². The van der Waals surface area contributed by atoms with Crippen LogP contribution in [0.4, 0.5) is 0 Å². The molecule has 0 heterocycles. The summed E-state index contributed by atoms with van der Waals surface area (Å²) in [5.74, 6) is 0. The summed E-state index contributed by atoms with van der Waals surface area (Å²) in [5.41, 5.74) is 0. The molecule has 0 aliphatic heterocycles. The first kappa shape index (κ1) is 12.3. The molecule has 0 amide bonds. The number of rotatable bonds is 6. The summed E-state index contributed by atoms with van der Waals surface area (Å²) in [7, 11) is -3.21. The van der Waals surface area contributed by atoms with Crippen LogP contribution in [0.1, 0.15) is 39.5 Å². The fourth-order valence-electron chi connectivity index (χ4n) is 1.25. The molecule has 0 rings (SSSR count). The number of hydrogen-bond donors (Lipinski definition) is 2. The van der Waals surface area contributed by atoms with E-state index < -0.39 is 7.06 Å². The summed E-state index contributed by atoms with van der Waals surface area (Å²) >= 11 is 0. The molecule has 0 fully saturated rings. The Labute approximate surface area is 76.1 Å². The monoisotopic (exact) mass is 194 g/mol. The molecule has 0 spiro atoms. The van der Waals surface area contributed by atoms with E-state index in [0.29, 0.717) is 12.3 Å². The zero-order valence-electron chi connectivity index (χ0n) is 8.58. The molecule has 0 aromatic rings. The van der Waals surface area contributed by atoms with Crippen molar-refractivity contribution >= 4 is 7.06 Å². The van der Waals surface area contributed by atoms with Crippen molar-refractivity contribution < 1.29 is 9.79 Å². The standard InChI is InChI=1S/C9H23O2P/c1-4-6-8-12(3,10,11)9-7-5-2/h10-11H,4-9H2,1-3H3. The molecule has 0 aromatic heterocycles. The minimum atomic E-state index is -3.21. The quantitative estimate of drug-likeness (QED) is 0.638. The van der Waals surface area contributed by atoms with Gasteiger partial charge in [-0.05, 0) is 0 Å². The van der Waals surface area contributed by atoms with E-state index in [1.165, 1.54) is 0 Å². The molecule has 0 bridgehead atoms. The van der Waals surface area contributed by atoms with E-state index in [1.807, 2.05) is 0 Å². The van der Waals surface area contributed by atoms with Crippen LogP contribution in [0.2, 0.25) is 0 Å². The van der Waals surface area contributed by atoms with Gasteiger partial charge in [0.15, 0.2) is 0 Å². The van der Waals surface area contributed by atoms with Gasteiger partial charge in [-0.2, -0.15) is 0 Å². The van der Waals surface area contributed by atoms with Gasteiger partial charge in [0.25, 0.3) is 0 Å². The van der Waals surface area contributed by atoms with E-state index in [-0.39, 0.29) is 0 Å². The summed E-state index contributed by atoms with van der Waals surface area (Å²) < 4.78 is 0. The molecule has 0 aromatic carbocycles. The topological polar surface area (TPSA) is 40.5 Å². The fourth-order valence-corrected chi connectivity index (χ4v) is 3.75. The number of hydrogen-bond acceptors (Lipinski definition) is 2. The summed E-state index contributed by atoms with van der Waals surface area (Å²) in [4.78, 5) is 19.9. The van der Waals surface area contributed by atoms with Gasteiger partial charge in [-0.3, -0.25) is 0 Å². The van der Waals surface area contributed by atoms with Crippen LogP contribution in [0.15, 0.2) is 0 Å². The predicted octanol–water partition coefficient (Wildman–Crippen LogP) is 2.58. The summed E-state index contributed by atoms with van der Waals surface area (Å²) in [6, 6.07) is 0. The van der Waals surface area contributed by atoms with Crippen LogP contribution in [-0.4, -0.2) is 28.8 Å². The van der Waals surface area contributed by atoms with Crippen molar-refractivity contribution in [2.75, 3.05) is 19.0 Å². The molecule has 0 aliphatic rings. The minimum absolute atomic E-state index is 0.613. The molecule has 3 heteroatoms. The van der Waals surface area contributed by atoms with Crippen molar-refractivity contribution in [3.8, 4) is 0 Å². The van der Waals surface area contributed by atoms with Gasteiger partial charge in [0.05, 0.1) is 0 Å². The summed E-state index contributed by atoms with van der Waals surface area (Å²) in [5, 5.41) is 0. The molecule has 2 nitrogen and oxygen atoms in total. The van der Waals surface area contributed by atoms with Crippen LogP contribution in [0.5, 0.6) is 0 Å². The third kappa shape index (κ3) is 5.93. The van der Waals surface area contributed by atoms with Gasteiger partial charge in [-0.15, -0.1) is 0 Å². The van der Waals surface area contributed by atoms with Crippen molar-refractivity contribution in [3.63, 3.8) is 0 Å². The van der Waals surface area contributed by atoms with Crippen molar-refractivity contribution in [2.45, 2.75) is 39.5 Å². The maximum absolute atomic E-state index is 9.93. The fraction of sp³-hybridized carbons (Fsp3) is 1.00. The summed E-state index contributed by atoms with van der Waals surface area (Å²) in [6.07, 6.45) is 5.18. The first-order valence-electron chi connectivity index (χ1n) is 4.89. The van der Waals surface area contributed by atoms with Gasteiger partial charge in [0.1, 0.15) is 0 Å². The second-order valence-electron chi connectivity index (χ2n) is 4.07. The van der Waals surface area contributed by atoms with E-state index in [0.717, 1.165) is 25.7 Å². The van der Waals surface area contributed by atoms with Crippen molar-refractivity contribution in [1.29, 1.82) is 0 Å². The van der Waals surface area contributed by atoms with Crippen molar-refractivity contribution in [1.82, 2.24) is 0 Å². The van der Waals surface area contributed by atoms with Crippen LogP contribution < -0.4 is 0 Å². The molecule has 12 heavy (non-hydrogen) atoms. The van der Waals surface area contributed by atoms with E-state index in [4.69, 9.17) is 0 Å². The summed E-state index contributed by atoms with van der Waals surface area (Å²) in [6.45, 7) is 5.82. The van der Waals surface area contributed by atoms with Gasteiger partial charge in [-0.25, -0.2) is 0 Å². The normalized spacial score (nSPS) is 15.6. The van der Waals surface area contributed by atoms with Crippen LogP contribution >= 0.6 is 7.06 Å². The molecule has 0 saturated carbocycles. The molecule has 0 radical (unpaired) electrons. The van der Waals surface area contributed by atoms with Gasteiger partial charge >= 0.3 is 75.4 Å². The average molecular weight is 194 g/mol. The second kappa shape index (κ2) is 4.55. The molecule has 2 N–H and O–H groups in total. The van der Waals surface area contributed by atoms with E-state index in [1.54, 1.807) is 6.66 Å². The van der Waals surface area contributed by atoms with E-state index >= 15 is 0 Å². The molecular formula is C9H23O2P. The van der Waals surface area contributed by atoms with E-state index in [2.05, 4.69) is 13.8 Å². The molecule has 0 unspecified atom stereocenters. The molecule has 0 atom stereocenters. The SMILES string of the molecule is CCCCP(C)(O)(O)CCCC. The Hall–Kier alpha value is 0.350. The Balaban J connectivity index is 3.90. The van der Waals surface area contributed by atoms with Gasteiger partial charge in [0, 0.05) is 0 Å². The van der Waals surface area contributed by atoms with Gasteiger partial charge in [0.2, 0.25) is 0 Å². The average Bonchev–Trinajstić information content (AvgIpc) is 1.97. The predicted molar refractivity (Wildman–Crippen MR) is 56.8 cm³/mol. The second-order valence-corrected chi connectivity index (χ2v) is 8.78. The third-order valence-corrected chi connectivity index (χ3v) is 5.15. The maximum atomic E-state index is 9.93. The van der Waals surface area contributed by atoms with Crippen LogP contribution in [-0.2, 0) is 0 Å². The molecule has 76 valence electrons. The first-order valence-corrected chi connectivity index (χ1v) is 7.85.